The van der Waals surface area contributed by atoms with Gasteiger partial charge in [0.05, 0.1) is 24.1 Å². The predicted octanol–water partition coefficient (Wildman–Crippen LogP) is 5.02. The largest absolute Gasteiger partial charge is 0.465 e. The number of ether oxygens (including phenoxy) is 1. The van der Waals surface area contributed by atoms with Crippen LogP contribution in [-0.2, 0) is 16.1 Å². The molecule has 0 aliphatic carbocycles. The standard InChI is InChI=1S/C19H13Cl2NO4S/c1-26-18(24)12-7-5-11(6-8-12)9-16-17(23)22(19(25)27-16)10-13-14(20)3-2-4-15(13)21/h2-9H,10H2,1H3/b16-9-. The van der Waals surface area contributed by atoms with E-state index in [9.17, 15) is 14.4 Å². The molecule has 2 amide bonds. The van der Waals surface area contributed by atoms with E-state index in [4.69, 9.17) is 23.2 Å². The minimum absolute atomic E-state index is 0.00178. The third kappa shape index (κ3) is 4.18. The van der Waals surface area contributed by atoms with Crippen LogP contribution < -0.4 is 0 Å². The molecular formula is C19H13Cl2NO4S. The monoisotopic (exact) mass is 421 g/mol. The van der Waals surface area contributed by atoms with Crippen LogP contribution in [0.25, 0.3) is 6.08 Å². The maximum Gasteiger partial charge on any atom is 0.337 e. The highest BCUT2D eigenvalue weighted by atomic mass is 35.5. The third-order valence-corrected chi connectivity index (χ3v) is 5.50. The van der Waals surface area contributed by atoms with Gasteiger partial charge in [0.15, 0.2) is 0 Å². The second-order valence-corrected chi connectivity index (χ2v) is 7.39. The number of methoxy groups -OCH3 is 1. The molecule has 1 saturated heterocycles. The minimum atomic E-state index is -0.446. The zero-order valence-electron chi connectivity index (χ0n) is 14.1. The Labute approximate surface area is 169 Å². The number of imide groups is 1. The van der Waals surface area contributed by atoms with Crippen molar-refractivity contribution in [2.45, 2.75) is 6.54 Å². The van der Waals surface area contributed by atoms with Gasteiger partial charge in [-0.15, -0.1) is 0 Å². The quantitative estimate of drug-likeness (QED) is 0.512. The number of amides is 2. The molecule has 2 aromatic carbocycles. The van der Waals surface area contributed by atoms with E-state index in [-0.39, 0.29) is 11.4 Å². The van der Waals surface area contributed by atoms with E-state index in [1.807, 2.05) is 0 Å². The summed E-state index contributed by atoms with van der Waals surface area (Å²) in [5, 5.41) is 0.390. The smallest absolute Gasteiger partial charge is 0.337 e. The number of nitrogens with zero attached hydrogens (tertiary/aromatic N) is 1. The molecule has 0 bridgehead atoms. The lowest BCUT2D eigenvalue weighted by molar-refractivity contribution is -0.123. The van der Waals surface area contributed by atoms with Crippen LogP contribution in [0.1, 0.15) is 21.5 Å². The number of benzene rings is 2. The molecule has 2 aromatic rings. The van der Waals surface area contributed by atoms with Crippen molar-refractivity contribution in [3.8, 4) is 0 Å². The molecule has 0 aromatic heterocycles. The van der Waals surface area contributed by atoms with Gasteiger partial charge in [0.1, 0.15) is 0 Å². The second-order valence-electron chi connectivity index (χ2n) is 5.58. The first-order chi connectivity index (χ1) is 12.9. The Morgan fingerprint density at radius 2 is 1.74 bits per heavy atom. The van der Waals surface area contributed by atoms with Crippen LogP contribution in [0, 0.1) is 0 Å². The zero-order valence-corrected chi connectivity index (χ0v) is 16.4. The Bertz CT molecular complexity index is 936. The fourth-order valence-corrected chi connectivity index (χ4v) is 3.82. The van der Waals surface area contributed by atoms with Gasteiger partial charge in [-0.2, -0.15) is 0 Å². The topological polar surface area (TPSA) is 63.7 Å². The number of carbonyl (C=O) groups is 3. The van der Waals surface area contributed by atoms with Gasteiger partial charge >= 0.3 is 5.97 Å². The highest BCUT2D eigenvalue weighted by Gasteiger charge is 2.35. The maximum atomic E-state index is 12.6. The molecule has 0 radical (unpaired) electrons. The van der Waals surface area contributed by atoms with Crippen LogP contribution in [0.2, 0.25) is 10.0 Å². The Kier molecular flexibility index (Phi) is 5.89. The van der Waals surface area contributed by atoms with Crippen molar-refractivity contribution >= 4 is 58.2 Å². The van der Waals surface area contributed by atoms with Gasteiger partial charge in [0.25, 0.3) is 11.1 Å². The second kappa shape index (κ2) is 8.17. The highest BCUT2D eigenvalue weighted by molar-refractivity contribution is 8.18. The minimum Gasteiger partial charge on any atom is -0.465 e. The van der Waals surface area contributed by atoms with Gasteiger partial charge in [-0.05, 0) is 47.7 Å². The SMILES string of the molecule is COC(=O)c1ccc(/C=C2\SC(=O)N(Cc3c(Cl)cccc3Cl)C2=O)cc1. The Hall–Kier alpha value is -2.28. The summed E-state index contributed by atoms with van der Waals surface area (Å²) in [5.41, 5.74) is 1.60. The van der Waals surface area contributed by atoms with Crippen molar-refractivity contribution < 1.29 is 19.1 Å². The average Bonchev–Trinajstić information content (AvgIpc) is 2.91. The molecule has 0 N–H and O–H groups in total. The molecule has 0 unspecified atom stereocenters. The van der Waals surface area contributed by atoms with Crippen LogP contribution in [0.3, 0.4) is 0 Å². The lowest BCUT2D eigenvalue weighted by atomic mass is 10.1. The Balaban J connectivity index is 1.81. The van der Waals surface area contributed by atoms with Crippen LogP contribution in [0.15, 0.2) is 47.4 Å². The van der Waals surface area contributed by atoms with Crippen LogP contribution in [0.5, 0.6) is 0 Å². The van der Waals surface area contributed by atoms with Crippen molar-refractivity contribution in [3.05, 3.63) is 74.1 Å². The summed E-state index contributed by atoms with van der Waals surface area (Å²) in [6.45, 7) is 0.00178. The van der Waals surface area contributed by atoms with Crippen molar-refractivity contribution in [1.29, 1.82) is 0 Å². The van der Waals surface area contributed by atoms with Gasteiger partial charge in [0.2, 0.25) is 0 Å². The molecule has 8 heteroatoms. The molecule has 1 heterocycles. The van der Waals surface area contributed by atoms with Crippen LogP contribution >= 0.6 is 35.0 Å². The number of esters is 1. The fourth-order valence-electron chi connectivity index (χ4n) is 2.46. The number of hydrogen-bond donors (Lipinski definition) is 0. The normalized spacial score (nSPS) is 15.5. The van der Waals surface area contributed by atoms with Crippen molar-refractivity contribution in [3.63, 3.8) is 0 Å². The molecule has 3 rings (SSSR count). The molecule has 5 nitrogen and oxygen atoms in total. The van der Waals surface area contributed by atoms with E-state index in [2.05, 4.69) is 4.74 Å². The van der Waals surface area contributed by atoms with Crippen molar-refractivity contribution in [1.82, 2.24) is 4.90 Å². The fraction of sp³-hybridized carbons (Fsp3) is 0.105. The van der Waals surface area contributed by atoms with Gasteiger partial charge < -0.3 is 4.74 Å². The summed E-state index contributed by atoms with van der Waals surface area (Å²) in [6.07, 6.45) is 1.60. The summed E-state index contributed by atoms with van der Waals surface area (Å²) in [6, 6.07) is 11.5. The summed E-state index contributed by atoms with van der Waals surface area (Å²) in [7, 11) is 1.30. The number of hydrogen-bond acceptors (Lipinski definition) is 5. The number of carbonyl (C=O) groups excluding carboxylic acids is 3. The van der Waals surface area contributed by atoms with E-state index >= 15 is 0 Å². The number of thioether (sulfide) groups is 1. The van der Waals surface area contributed by atoms with E-state index in [1.54, 1.807) is 48.5 Å². The highest BCUT2D eigenvalue weighted by Crippen LogP contribution is 2.35. The molecule has 0 saturated carbocycles. The number of halogens is 2. The van der Waals surface area contributed by atoms with Gasteiger partial charge in [-0.25, -0.2) is 4.79 Å². The summed E-state index contributed by atoms with van der Waals surface area (Å²) >= 11 is 13.1. The molecule has 138 valence electrons. The Morgan fingerprint density at radius 1 is 1.11 bits per heavy atom. The van der Waals surface area contributed by atoms with E-state index < -0.39 is 17.1 Å². The lowest BCUT2D eigenvalue weighted by Gasteiger charge is -2.14. The summed E-state index contributed by atoms with van der Waals surface area (Å²) in [5.74, 6) is -0.864. The van der Waals surface area contributed by atoms with Gasteiger partial charge in [-0.1, -0.05) is 41.4 Å². The molecule has 1 fully saturated rings. The van der Waals surface area contributed by atoms with Gasteiger partial charge in [0, 0.05) is 15.6 Å². The molecule has 0 spiro atoms. The first-order valence-electron chi connectivity index (χ1n) is 7.77. The number of rotatable bonds is 4. The first-order valence-corrected chi connectivity index (χ1v) is 9.34. The predicted molar refractivity (Wildman–Crippen MR) is 106 cm³/mol. The molecular weight excluding hydrogens is 409 g/mol. The van der Waals surface area contributed by atoms with Crippen molar-refractivity contribution in [2.24, 2.45) is 0 Å². The van der Waals surface area contributed by atoms with Crippen molar-refractivity contribution in [2.75, 3.05) is 7.11 Å². The lowest BCUT2D eigenvalue weighted by Crippen LogP contribution is -2.27. The molecule has 0 atom stereocenters. The molecule has 27 heavy (non-hydrogen) atoms. The first kappa shape index (κ1) is 19.5. The van der Waals surface area contributed by atoms with E-state index in [0.717, 1.165) is 16.7 Å². The van der Waals surface area contributed by atoms with Crippen LogP contribution in [0.4, 0.5) is 4.79 Å². The average molecular weight is 422 g/mol. The third-order valence-electron chi connectivity index (χ3n) is 3.88. The summed E-state index contributed by atoms with van der Waals surface area (Å²) < 4.78 is 4.65. The van der Waals surface area contributed by atoms with Gasteiger partial charge in [-0.3, -0.25) is 14.5 Å². The van der Waals surface area contributed by atoms with E-state index in [0.29, 0.717) is 26.7 Å². The van der Waals surface area contributed by atoms with E-state index in [1.165, 1.54) is 7.11 Å². The van der Waals surface area contributed by atoms with Crippen LogP contribution in [-0.4, -0.2) is 29.1 Å². The Morgan fingerprint density at radius 3 is 2.33 bits per heavy atom. The molecule has 1 aliphatic heterocycles. The maximum absolute atomic E-state index is 12.6. The molecule has 1 aliphatic rings. The zero-order chi connectivity index (χ0) is 19.6. The summed E-state index contributed by atoms with van der Waals surface area (Å²) in [4.78, 5) is 37.8.